The van der Waals surface area contributed by atoms with E-state index in [4.69, 9.17) is 15.7 Å². The SMILES string of the molecule is CN1CCN(C(=O)OC(C)(C)C)C[C@@H]1/C(N)=N\O. The lowest BCUT2D eigenvalue weighted by Crippen LogP contribution is -2.58. The molecule has 1 rings (SSSR count). The van der Waals surface area contributed by atoms with Gasteiger partial charge < -0.3 is 20.6 Å². The molecule has 1 fully saturated rings. The van der Waals surface area contributed by atoms with Crippen LogP contribution in [0.2, 0.25) is 0 Å². The Morgan fingerprint density at radius 2 is 2.06 bits per heavy atom. The number of oxime groups is 1. The molecule has 3 N–H and O–H groups in total. The van der Waals surface area contributed by atoms with Crippen molar-refractivity contribution >= 4 is 11.9 Å². The molecule has 1 atom stereocenters. The summed E-state index contributed by atoms with van der Waals surface area (Å²) in [5.41, 5.74) is 5.09. The van der Waals surface area contributed by atoms with Crippen LogP contribution < -0.4 is 5.73 Å². The Labute approximate surface area is 107 Å². The van der Waals surface area contributed by atoms with E-state index in [1.807, 2.05) is 32.7 Å². The van der Waals surface area contributed by atoms with E-state index in [0.29, 0.717) is 19.6 Å². The summed E-state index contributed by atoms with van der Waals surface area (Å²) in [6, 6.07) is -0.281. The number of amides is 1. The normalized spacial score (nSPS) is 23.0. The number of carbonyl (C=O) groups is 1. The number of piperazine rings is 1. The van der Waals surface area contributed by atoms with Crippen LogP contribution in [-0.2, 0) is 4.74 Å². The molecule has 18 heavy (non-hydrogen) atoms. The highest BCUT2D eigenvalue weighted by Gasteiger charge is 2.32. The lowest BCUT2D eigenvalue weighted by Gasteiger charge is -2.38. The monoisotopic (exact) mass is 258 g/mol. The van der Waals surface area contributed by atoms with Crippen molar-refractivity contribution in [1.29, 1.82) is 0 Å². The van der Waals surface area contributed by atoms with Gasteiger partial charge in [0.25, 0.3) is 0 Å². The molecule has 0 aromatic heterocycles. The average molecular weight is 258 g/mol. The number of hydrogen-bond acceptors (Lipinski definition) is 5. The number of rotatable bonds is 1. The Hall–Kier alpha value is -1.50. The van der Waals surface area contributed by atoms with Gasteiger partial charge in [-0.15, -0.1) is 0 Å². The van der Waals surface area contributed by atoms with Gasteiger partial charge in [0.2, 0.25) is 0 Å². The van der Waals surface area contributed by atoms with Crippen molar-refractivity contribution in [3.63, 3.8) is 0 Å². The Kier molecular flexibility index (Phi) is 4.39. The second-order valence-corrected chi connectivity index (χ2v) is 5.45. The first-order valence-corrected chi connectivity index (χ1v) is 5.90. The van der Waals surface area contributed by atoms with Crippen molar-refractivity contribution in [2.45, 2.75) is 32.4 Å². The van der Waals surface area contributed by atoms with E-state index in [-0.39, 0.29) is 18.0 Å². The minimum absolute atomic E-state index is 0.103. The van der Waals surface area contributed by atoms with Crippen LogP contribution in [0.25, 0.3) is 0 Å². The van der Waals surface area contributed by atoms with Gasteiger partial charge >= 0.3 is 6.09 Å². The Morgan fingerprint density at radius 3 is 2.56 bits per heavy atom. The zero-order valence-corrected chi connectivity index (χ0v) is 11.4. The van der Waals surface area contributed by atoms with Gasteiger partial charge in [-0.05, 0) is 27.8 Å². The second kappa shape index (κ2) is 5.43. The number of amidine groups is 1. The fraction of sp³-hybridized carbons (Fsp3) is 0.818. The molecule has 0 aliphatic carbocycles. The smallest absolute Gasteiger partial charge is 0.410 e. The number of likely N-dealkylation sites (N-methyl/N-ethyl adjacent to an activating group) is 1. The fourth-order valence-electron chi connectivity index (χ4n) is 1.75. The maximum absolute atomic E-state index is 11.9. The first-order chi connectivity index (χ1) is 8.24. The van der Waals surface area contributed by atoms with Crippen LogP contribution in [0.15, 0.2) is 5.16 Å². The molecule has 7 nitrogen and oxygen atoms in total. The third-order valence-electron chi connectivity index (χ3n) is 2.76. The van der Waals surface area contributed by atoms with Gasteiger partial charge in [-0.1, -0.05) is 5.16 Å². The maximum Gasteiger partial charge on any atom is 0.410 e. The lowest BCUT2D eigenvalue weighted by atomic mass is 10.1. The summed E-state index contributed by atoms with van der Waals surface area (Å²) in [6.45, 7) is 7.05. The highest BCUT2D eigenvalue weighted by molar-refractivity contribution is 5.86. The molecular weight excluding hydrogens is 236 g/mol. The number of ether oxygens (including phenoxy) is 1. The van der Waals surface area contributed by atoms with E-state index in [0.717, 1.165) is 0 Å². The van der Waals surface area contributed by atoms with Crippen LogP contribution >= 0.6 is 0 Å². The van der Waals surface area contributed by atoms with Gasteiger partial charge in [0, 0.05) is 19.6 Å². The number of nitrogens with two attached hydrogens (primary N) is 1. The Morgan fingerprint density at radius 1 is 1.44 bits per heavy atom. The van der Waals surface area contributed by atoms with Crippen LogP contribution in [0.3, 0.4) is 0 Å². The molecule has 0 bridgehead atoms. The molecule has 1 amide bonds. The molecule has 0 spiro atoms. The number of hydrogen-bond donors (Lipinski definition) is 2. The van der Waals surface area contributed by atoms with Crippen LogP contribution in [0.5, 0.6) is 0 Å². The quantitative estimate of drug-likeness (QED) is 0.305. The van der Waals surface area contributed by atoms with Gasteiger partial charge in [-0.2, -0.15) is 0 Å². The summed E-state index contributed by atoms with van der Waals surface area (Å²) in [6.07, 6.45) is -0.369. The third-order valence-corrected chi connectivity index (χ3v) is 2.76. The predicted molar refractivity (Wildman–Crippen MR) is 67.6 cm³/mol. The van der Waals surface area contributed by atoms with Gasteiger partial charge in [0.1, 0.15) is 5.60 Å². The van der Waals surface area contributed by atoms with Crippen molar-refractivity contribution in [2.24, 2.45) is 10.9 Å². The Balaban J connectivity index is 2.67. The van der Waals surface area contributed by atoms with Crippen LogP contribution in [0, 0.1) is 0 Å². The molecule has 1 heterocycles. The lowest BCUT2D eigenvalue weighted by molar-refractivity contribution is 0.0127. The summed E-state index contributed by atoms with van der Waals surface area (Å²) in [7, 11) is 1.87. The largest absolute Gasteiger partial charge is 0.444 e. The molecule has 104 valence electrons. The number of carbonyl (C=O) groups excluding carboxylic acids is 1. The van der Waals surface area contributed by atoms with Crippen molar-refractivity contribution in [3.05, 3.63) is 0 Å². The third kappa shape index (κ3) is 3.76. The first-order valence-electron chi connectivity index (χ1n) is 5.90. The molecule has 1 saturated heterocycles. The average Bonchev–Trinajstić information content (AvgIpc) is 2.26. The maximum atomic E-state index is 11.9. The van der Waals surface area contributed by atoms with E-state index in [2.05, 4.69) is 5.16 Å². The highest BCUT2D eigenvalue weighted by Crippen LogP contribution is 2.14. The number of nitrogens with zero attached hydrogens (tertiary/aromatic N) is 3. The topological polar surface area (TPSA) is 91.4 Å². The van der Waals surface area contributed by atoms with Crippen molar-refractivity contribution in [1.82, 2.24) is 9.80 Å². The van der Waals surface area contributed by atoms with E-state index >= 15 is 0 Å². The molecule has 0 unspecified atom stereocenters. The predicted octanol–water partition coefficient (Wildman–Crippen LogP) is 0.284. The highest BCUT2D eigenvalue weighted by atomic mass is 16.6. The summed E-state index contributed by atoms with van der Waals surface area (Å²) < 4.78 is 5.30. The van der Waals surface area contributed by atoms with E-state index in [1.165, 1.54) is 0 Å². The van der Waals surface area contributed by atoms with Gasteiger partial charge in [0.05, 0.1) is 6.04 Å². The van der Waals surface area contributed by atoms with Crippen LogP contribution in [0.1, 0.15) is 20.8 Å². The van der Waals surface area contributed by atoms with E-state index in [1.54, 1.807) is 4.90 Å². The van der Waals surface area contributed by atoms with Crippen molar-refractivity contribution < 1.29 is 14.7 Å². The summed E-state index contributed by atoms with van der Waals surface area (Å²) >= 11 is 0. The van der Waals surface area contributed by atoms with E-state index in [9.17, 15) is 4.79 Å². The zero-order chi connectivity index (χ0) is 13.9. The van der Waals surface area contributed by atoms with Crippen molar-refractivity contribution in [3.8, 4) is 0 Å². The summed E-state index contributed by atoms with van der Waals surface area (Å²) in [5.74, 6) is 0.103. The first kappa shape index (κ1) is 14.6. The van der Waals surface area contributed by atoms with Crippen LogP contribution in [-0.4, -0.2) is 65.3 Å². The second-order valence-electron chi connectivity index (χ2n) is 5.45. The zero-order valence-electron chi connectivity index (χ0n) is 11.4. The molecule has 0 saturated carbocycles. The van der Waals surface area contributed by atoms with Gasteiger partial charge in [0.15, 0.2) is 5.84 Å². The van der Waals surface area contributed by atoms with Gasteiger partial charge in [-0.3, -0.25) is 4.90 Å². The molecule has 7 heteroatoms. The molecule has 1 aliphatic rings. The molecular formula is C11H22N4O3. The molecule has 1 aliphatic heterocycles. The minimum atomic E-state index is -0.521. The molecule has 0 radical (unpaired) electrons. The molecule has 0 aromatic carbocycles. The molecule has 0 aromatic rings. The Bertz CT molecular complexity index is 338. The van der Waals surface area contributed by atoms with Crippen molar-refractivity contribution in [2.75, 3.05) is 26.7 Å². The van der Waals surface area contributed by atoms with Gasteiger partial charge in [-0.25, -0.2) is 4.79 Å². The summed E-state index contributed by atoms with van der Waals surface area (Å²) in [5, 5.41) is 11.7. The standard InChI is InChI=1S/C11H22N4O3/c1-11(2,3)18-10(16)15-6-5-14(4)8(7-15)9(12)13-17/h8,17H,5-7H2,1-4H3,(H2,12,13)/t8-/m1/s1. The van der Waals surface area contributed by atoms with E-state index < -0.39 is 5.60 Å². The summed E-state index contributed by atoms with van der Waals surface area (Å²) in [4.78, 5) is 15.4. The van der Waals surface area contributed by atoms with Crippen LogP contribution in [0.4, 0.5) is 4.79 Å². The fourth-order valence-corrected chi connectivity index (χ4v) is 1.75. The minimum Gasteiger partial charge on any atom is -0.444 e.